The van der Waals surface area contributed by atoms with Gasteiger partial charge >= 0.3 is 0 Å². The summed E-state index contributed by atoms with van der Waals surface area (Å²) in [6, 6.07) is 26.6. The number of nitrogens with one attached hydrogen (secondary N) is 1. The largest absolute Gasteiger partial charge is 0.497 e. The van der Waals surface area contributed by atoms with Crippen molar-refractivity contribution < 1.29 is 9.53 Å². The number of nitrogens with zero attached hydrogens (tertiary/aromatic N) is 3. The Bertz CT molecular complexity index is 1140. The van der Waals surface area contributed by atoms with Crippen molar-refractivity contribution in [3.8, 4) is 11.4 Å². The predicted molar refractivity (Wildman–Crippen MR) is 116 cm³/mol. The Morgan fingerprint density at radius 2 is 1.63 bits per heavy atom. The van der Waals surface area contributed by atoms with Crippen molar-refractivity contribution in [2.24, 2.45) is 0 Å². The molecule has 1 amide bonds. The highest BCUT2D eigenvalue weighted by Gasteiger charge is 2.25. The number of amides is 1. The molecule has 0 bridgehead atoms. The molecule has 0 aliphatic rings. The average molecular weight is 398 g/mol. The van der Waals surface area contributed by atoms with Gasteiger partial charge in [0.05, 0.1) is 12.8 Å². The zero-order valence-corrected chi connectivity index (χ0v) is 16.8. The SMILES string of the molecule is COc1cccc(C(C)c2nn(-c3ccccc3)nc2C(=O)Nc2ccccc2)c1. The number of rotatable bonds is 6. The molecule has 30 heavy (non-hydrogen) atoms. The van der Waals surface area contributed by atoms with E-state index in [1.165, 1.54) is 4.80 Å². The van der Waals surface area contributed by atoms with Crippen molar-refractivity contribution in [3.63, 3.8) is 0 Å². The second-order valence-electron chi connectivity index (χ2n) is 6.88. The average Bonchev–Trinajstić information content (AvgIpc) is 3.25. The van der Waals surface area contributed by atoms with Gasteiger partial charge in [0, 0.05) is 11.6 Å². The van der Waals surface area contributed by atoms with Crippen molar-refractivity contribution >= 4 is 11.6 Å². The van der Waals surface area contributed by atoms with Gasteiger partial charge in [-0.05, 0) is 42.0 Å². The highest BCUT2D eigenvalue weighted by Crippen LogP contribution is 2.28. The van der Waals surface area contributed by atoms with E-state index < -0.39 is 0 Å². The van der Waals surface area contributed by atoms with Crippen LogP contribution in [0.15, 0.2) is 84.9 Å². The topological polar surface area (TPSA) is 69.0 Å². The van der Waals surface area contributed by atoms with Gasteiger partial charge < -0.3 is 10.1 Å². The summed E-state index contributed by atoms with van der Waals surface area (Å²) in [7, 11) is 1.63. The molecule has 0 fully saturated rings. The number of benzene rings is 3. The molecule has 0 saturated carbocycles. The van der Waals surface area contributed by atoms with Crippen LogP contribution in [0.1, 0.15) is 34.6 Å². The number of aromatic nitrogens is 3. The molecule has 1 heterocycles. The van der Waals surface area contributed by atoms with Gasteiger partial charge in [0.2, 0.25) is 0 Å². The fourth-order valence-corrected chi connectivity index (χ4v) is 3.23. The maximum atomic E-state index is 13.1. The van der Waals surface area contributed by atoms with Gasteiger partial charge in [0.1, 0.15) is 11.4 Å². The fourth-order valence-electron chi connectivity index (χ4n) is 3.23. The molecule has 0 aliphatic heterocycles. The van der Waals surface area contributed by atoms with E-state index in [-0.39, 0.29) is 17.5 Å². The molecule has 4 aromatic rings. The van der Waals surface area contributed by atoms with Gasteiger partial charge in [0.15, 0.2) is 5.69 Å². The number of hydrogen-bond acceptors (Lipinski definition) is 4. The molecule has 6 heteroatoms. The molecule has 1 aromatic heterocycles. The lowest BCUT2D eigenvalue weighted by molar-refractivity contribution is 0.102. The summed E-state index contributed by atoms with van der Waals surface area (Å²) in [5, 5.41) is 12.1. The molecule has 4 rings (SSSR count). The minimum absolute atomic E-state index is 0.158. The predicted octanol–water partition coefficient (Wildman–Crippen LogP) is 4.68. The number of anilines is 1. The van der Waals surface area contributed by atoms with Crippen molar-refractivity contribution in [2.45, 2.75) is 12.8 Å². The molecule has 3 aromatic carbocycles. The van der Waals surface area contributed by atoms with E-state index in [1.54, 1.807) is 7.11 Å². The number of methoxy groups -OCH3 is 1. The van der Waals surface area contributed by atoms with Crippen LogP contribution in [-0.4, -0.2) is 28.0 Å². The van der Waals surface area contributed by atoms with Gasteiger partial charge in [0.25, 0.3) is 5.91 Å². The van der Waals surface area contributed by atoms with E-state index in [9.17, 15) is 4.79 Å². The van der Waals surface area contributed by atoms with Crippen molar-refractivity contribution in [3.05, 3.63) is 102 Å². The summed E-state index contributed by atoms with van der Waals surface area (Å²) >= 11 is 0. The third-order valence-corrected chi connectivity index (χ3v) is 4.88. The molecule has 0 spiro atoms. The van der Waals surface area contributed by atoms with Crippen LogP contribution in [0.2, 0.25) is 0 Å². The number of carbonyl (C=O) groups is 1. The number of para-hydroxylation sites is 2. The highest BCUT2D eigenvalue weighted by atomic mass is 16.5. The first-order valence-electron chi connectivity index (χ1n) is 9.68. The normalized spacial score (nSPS) is 11.7. The van der Waals surface area contributed by atoms with Gasteiger partial charge in [-0.1, -0.05) is 55.5 Å². The van der Waals surface area contributed by atoms with Gasteiger partial charge in [-0.3, -0.25) is 4.79 Å². The first kappa shape index (κ1) is 19.4. The summed E-state index contributed by atoms with van der Waals surface area (Å²) in [6.07, 6.45) is 0. The van der Waals surface area contributed by atoms with E-state index in [2.05, 4.69) is 15.5 Å². The molecule has 0 saturated heterocycles. The standard InChI is InChI=1S/C24H22N4O2/c1-17(18-10-9-15-21(16-18)30-2)22-23(24(29)25-19-11-5-3-6-12-19)27-28(26-22)20-13-7-4-8-14-20/h3-17H,1-2H3,(H,25,29). The maximum Gasteiger partial charge on any atom is 0.278 e. The number of ether oxygens (including phenoxy) is 1. The van der Waals surface area contributed by atoms with Crippen LogP contribution >= 0.6 is 0 Å². The summed E-state index contributed by atoms with van der Waals surface area (Å²) in [5.74, 6) is 0.298. The Hall–Kier alpha value is -3.93. The van der Waals surface area contributed by atoms with Gasteiger partial charge in [-0.2, -0.15) is 9.90 Å². The molecule has 0 radical (unpaired) electrons. The summed E-state index contributed by atoms with van der Waals surface area (Å²) in [4.78, 5) is 14.6. The van der Waals surface area contributed by atoms with Crippen molar-refractivity contribution in [1.82, 2.24) is 15.0 Å². The van der Waals surface area contributed by atoms with Crippen LogP contribution < -0.4 is 10.1 Å². The molecule has 0 aliphatic carbocycles. The first-order valence-corrected chi connectivity index (χ1v) is 9.68. The molecule has 150 valence electrons. The minimum atomic E-state index is -0.298. The van der Waals surface area contributed by atoms with Crippen LogP contribution in [0.4, 0.5) is 5.69 Å². The minimum Gasteiger partial charge on any atom is -0.497 e. The second-order valence-corrected chi connectivity index (χ2v) is 6.88. The van der Waals surface area contributed by atoms with E-state index in [1.807, 2.05) is 91.9 Å². The highest BCUT2D eigenvalue weighted by molar-refractivity contribution is 6.03. The molecule has 6 nitrogen and oxygen atoms in total. The quantitative estimate of drug-likeness (QED) is 0.512. The molecule has 1 N–H and O–H groups in total. The van der Waals surface area contributed by atoms with Crippen molar-refractivity contribution in [1.29, 1.82) is 0 Å². The maximum absolute atomic E-state index is 13.1. The van der Waals surface area contributed by atoms with Gasteiger partial charge in [-0.25, -0.2) is 0 Å². The molecule has 1 unspecified atom stereocenters. The Labute approximate surface area is 175 Å². The van der Waals surface area contributed by atoms with E-state index in [0.717, 1.165) is 17.0 Å². The molecule has 1 atom stereocenters. The van der Waals surface area contributed by atoms with E-state index >= 15 is 0 Å². The Morgan fingerprint density at radius 3 is 2.33 bits per heavy atom. The van der Waals surface area contributed by atoms with Gasteiger partial charge in [-0.15, -0.1) is 5.10 Å². The van der Waals surface area contributed by atoms with E-state index in [4.69, 9.17) is 4.74 Å². The summed E-state index contributed by atoms with van der Waals surface area (Å²) < 4.78 is 5.35. The smallest absolute Gasteiger partial charge is 0.278 e. The van der Waals surface area contributed by atoms with Crippen molar-refractivity contribution in [2.75, 3.05) is 12.4 Å². The molecular formula is C24H22N4O2. The lowest BCUT2D eigenvalue weighted by atomic mass is 9.96. The summed E-state index contributed by atoms with van der Waals surface area (Å²) in [5.41, 5.74) is 3.37. The number of hydrogen-bond donors (Lipinski definition) is 1. The third-order valence-electron chi connectivity index (χ3n) is 4.88. The monoisotopic (exact) mass is 398 g/mol. The first-order chi connectivity index (χ1) is 14.7. The van der Waals surface area contributed by atoms with Crippen LogP contribution in [0.25, 0.3) is 5.69 Å². The van der Waals surface area contributed by atoms with Crippen LogP contribution in [0, 0.1) is 0 Å². The number of carbonyl (C=O) groups excluding carboxylic acids is 1. The lowest BCUT2D eigenvalue weighted by Gasteiger charge is -2.12. The zero-order valence-electron chi connectivity index (χ0n) is 16.8. The van der Waals surface area contributed by atoms with E-state index in [0.29, 0.717) is 11.4 Å². The van der Waals surface area contributed by atoms with Crippen LogP contribution in [-0.2, 0) is 0 Å². The Kier molecular flexibility index (Phi) is 5.57. The Balaban J connectivity index is 1.75. The van der Waals surface area contributed by atoms with Crippen LogP contribution in [0.3, 0.4) is 0 Å². The van der Waals surface area contributed by atoms with Crippen LogP contribution in [0.5, 0.6) is 5.75 Å². The second kappa shape index (κ2) is 8.61. The third kappa shape index (κ3) is 4.07. The fraction of sp³-hybridized carbons (Fsp3) is 0.125. The zero-order chi connectivity index (χ0) is 20.9. The molecular weight excluding hydrogens is 376 g/mol. The Morgan fingerprint density at radius 1 is 0.933 bits per heavy atom. The lowest BCUT2D eigenvalue weighted by Crippen LogP contribution is -2.16. The summed E-state index contributed by atoms with van der Waals surface area (Å²) in [6.45, 7) is 2.01.